The van der Waals surface area contributed by atoms with Crippen molar-refractivity contribution >= 4 is 34.0 Å². The molecule has 1 heterocycles. The highest BCUT2D eigenvalue weighted by Gasteiger charge is 2.24. The van der Waals surface area contributed by atoms with E-state index in [1.165, 1.54) is 0 Å². The maximum atomic E-state index is 12.9. The Morgan fingerprint density at radius 2 is 1.70 bits per heavy atom. The lowest BCUT2D eigenvalue weighted by molar-refractivity contribution is 0.596. The van der Waals surface area contributed by atoms with Gasteiger partial charge in [0, 0.05) is 18.5 Å². The van der Waals surface area contributed by atoms with Crippen LogP contribution in [0.1, 0.15) is 26.4 Å². The maximum absolute atomic E-state index is 12.9. The van der Waals surface area contributed by atoms with Crippen LogP contribution < -0.4 is 5.46 Å². The van der Waals surface area contributed by atoms with E-state index < -0.39 is 9.84 Å². The summed E-state index contributed by atoms with van der Waals surface area (Å²) in [6, 6.07) is 10.5. The van der Waals surface area contributed by atoms with Crippen LogP contribution in [0.5, 0.6) is 0 Å². The van der Waals surface area contributed by atoms with Crippen LogP contribution >= 0.6 is 0 Å². The molecule has 1 aromatic heterocycles. The van der Waals surface area contributed by atoms with Crippen molar-refractivity contribution in [1.82, 2.24) is 4.98 Å². The summed E-state index contributed by atoms with van der Waals surface area (Å²) < 4.78 is 25.9. The molecule has 3 rings (SSSR count). The van der Waals surface area contributed by atoms with Crippen molar-refractivity contribution in [3.05, 3.63) is 53.7 Å². The molecule has 5 heteroatoms. The zero-order chi connectivity index (χ0) is 17.2. The molecule has 0 atom stereocenters. The Hall–Kier alpha value is -2.01. The Labute approximate surface area is 140 Å². The van der Waals surface area contributed by atoms with Gasteiger partial charge in [0.15, 0.2) is 0 Å². The summed E-state index contributed by atoms with van der Waals surface area (Å²) >= 11 is 0. The van der Waals surface area contributed by atoms with Gasteiger partial charge in [0.05, 0.1) is 9.79 Å². The summed E-state index contributed by atoms with van der Waals surface area (Å²) in [7, 11) is 2.12. The van der Waals surface area contributed by atoms with E-state index in [4.69, 9.17) is 7.85 Å². The van der Waals surface area contributed by atoms with E-state index in [0.717, 1.165) is 16.5 Å². The van der Waals surface area contributed by atoms with Gasteiger partial charge in [0.1, 0.15) is 7.85 Å². The van der Waals surface area contributed by atoms with Gasteiger partial charge in [0.25, 0.3) is 0 Å². The van der Waals surface area contributed by atoms with Crippen LogP contribution in [0, 0.1) is 13.8 Å². The van der Waals surface area contributed by atoms with Gasteiger partial charge in [-0.2, -0.15) is 0 Å². The lowest BCUT2D eigenvalue weighted by atomic mass is 9.95. The van der Waals surface area contributed by atoms with Crippen LogP contribution in [0.25, 0.3) is 10.9 Å². The average molecular weight is 327 g/mol. The predicted octanol–water partition coefficient (Wildman–Crippen LogP) is 3.68. The van der Waals surface area contributed by atoms with Gasteiger partial charge in [-0.25, -0.2) is 8.42 Å². The molecular weight excluding hydrogens is 305 g/mol. The third-order valence-electron chi connectivity index (χ3n) is 3.66. The van der Waals surface area contributed by atoms with E-state index in [0.29, 0.717) is 20.8 Å². The highest BCUT2D eigenvalue weighted by Crippen LogP contribution is 2.31. The fraction of sp³-hybridized carbons (Fsp3) is 0.222. The molecule has 0 amide bonds. The van der Waals surface area contributed by atoms with Crippen LogP contribution in [0.4, 0.5) is 0 Å². The van der Waals surface area contributed by atoms with Crippen molar-refractivity contribution in [3.8, 4) is 0 Å². The molecule has 0 saturated heterocycles. The van der Waals surface area contributed by atoms with Crippen molar-refractivity contribution < 1.29 is 9.84 Å². The minimum atomic E-state index is -3.58. The van der Waals surface area contributed by atoms with E-state index in [9.17, 15) is 8.42 Å². The van der Waals surface area contributed by atoms with Gasteiger partial charge >= 0.3 is 0 Å². The van der Waals surface area contributed by atoms with E-state index in [2.05, 4.69) is 4.98 Å². The van der Waals surface area contributed by atoms with Gasteiger partial charge in [-0.1, -0.05) is 43.6 Å². The van der Waals surface area contributed by atoms with Crippen molar-refractivity contribution in [1.29, 1.82) is 0 Å². The van der Waals surface area contributed by atoms with Gasteiger partial charge in [-0.05, 0) is 37.1 Å². The van der Waals surface area contributed by atoms with E-state index in [-0.39, 0.29) is 1.43 Å². The van der Waals surface area contributed by atoms with Gasteiger partial charge in [-0.15, -0.1) is 0 Å². The van der Waals surface area contributed by atoms with E-state index >= 15 is 0 Å². The predicted molar refractivity (Wildman–Crippen MR) is 98.5 cm³/mol. The number of hydrogen-bond donors (Lipinski definition) is 1. The fourth-order valence-electron chi connectivity index (χ4n) is 2.64. The van der Waals surface area contributed by atoms with E-state index in [1.807, 2.05) is 39.0 Å². The molecule has 3 nitrogen and oxygen atoms in total. The first-order valence-corrected chi connectivity index (χ1v) is 9.07. The Morgan fingerprint density at radius 3 is 2.35 bits per heavy atom. The average Bonchev–Trinajstić information content (AvgIpc) is 2.95. The van der Waals surface area contributed by atoms with Crippen LogP contribution in [0.3, 0.4) is 0 Å². The molecule has 0 saturated carbocycles. The second kappa shape index (κ2) is 6.63. The topological polar surface area (TPSA) is 49.9 Å². The maximum Gasteiger partial charge on any atom is 0.208 e. The van der Waals surface area contributed by atoms with Gasteiger partial charge in [0.2, 0.25) is 9.84 Å². The van der Waals surface area contributed by atoms with Gasteiger partial charge in [-0.3, -0.25) is 0 Å². The summed E-state index contributed by atoms with van der Waals surface area (Å²) in [6.45, 7) is 7.66. The lowest BCUT2D eigenvalue weighted by Gasteiger charge is -2.09. The molecule has 0 bridgehead atoms. The minimum Gasteiger partial charge on any atom is -0.360 e. The molecule has 1 N–H and O–H groups in total. The molecule has 2 radical (unpaired) electrons. The second-order valence-corrected chi connectivity index (χ2v) is 7.07. The summed E-state index contributed by atoms with van der Waals surface area (Å²) in [5.74, 6) is 0. The molecule has 0 unspecified atom stereocenters. The zero-order valence-corrected chi connectivity index (χ0v) is 14.7. The fourth-order valence-corrected chi connectivity index (χ4v) is 4.36. The van der Waals surface area contributed by atoms with Crippen LogP contribution in [-0.4, -0.2) is 21.2 Å². The summed E-state index contributed by atoms with van der Waals surface area (Å²) in [5.41, 5.74) is 2.96. The minimum absolute atomic E-state index is 0. The molecule has 0 aliphatic carbocycles. The number of aromatic amines is 1. The number of rotatable bonds is 2. The Kier molecular flexibility index (Phi) is 5.00. The lowest BCUT2D eigenvalue weighted by Crippen LogP contribution is -2.09. The third kappa shape index (κ3) is 3.06. The van der Waals surface area contributed by atoms with E-state index in [1.54, 1.807) is 31.3 Å². The first-order chi connectivity index (χ1) is 10.9. The van der Waals surface area contributed by atoms with Crippen LogP contribution in [0.2, 0.25) is 0 Å². The number of aromatic nitrogens is 1. The molecule has 3 aromatic rings. The molecule has 0 aliphatic heterocycles. The normalized spacial score (nSPS) is 11.1. The molecule has 23 heavy (non-hydrogen) atoms. The number of aryl methyl sites for hydroxylation is 2. The Bertz CT molecular complexity index is 949. The number of sulfone groups is 1. The third-order valence-corrected chi connectivity index (χ3v) is 5.59. The second-order valence-electron chi connectivity index (χ2n) is 5.18. The summed E-state index contributed by atoms with van der Waals surface area (Å²) in [6.07, 6.45) is 1.56. The quantitative estimate of drug-likeness (QED) is 0.730. The summed E-state index contributed by atoms with van der Waals surface area (Å²) in [5, 5.41) is 0.744. The highest BCUT2D eigenvalue weighted by molar-refractivity contribution is 7.91. The molecule has 0 fully saturated rings. The number of nitrogens with one attached hydrogen (secondary N) is 1. The van der Waals surface area contributed by atoms with Crippen molar-refractivity contribution in [2.24, 2.45) is 0 Å². The number of hydrogen-bond acceptors (Lipinski definition) is 2. The summed E-state index contributed by atoms with van der Waals surface area (Å²) in [4.78, 5) is 3.63. The van der Waals surface area contributed by atoms with Crippen molar-refractivity contribution in [2.45, 2.75) is 37.5 Å². The van der Waals surface area contributed by atoms with Crippen molar-refractivity contribution in [2.75, 3.05) is 0 Å². The first-order valence-electron chi connectivity index (χ1n) is 7.59. The number of benzene rings is 2. The van der Waals surface area contributed by atoms with Crippen molar-refractivity contribution in [3.63, 3.8) is 0 Å². The zero-order valence-electron chi connectivity index (χ0n) is 13.8. The number of fused-ring (bicyclic) bond motifs is 1. The smallest absolute Gasteiger partial charge is 0.208 e. The van der Waals surface area contributed by atoms with Crippen LogP contribution in [0.15, 0.2) is 52.4 Å². The molecule has 2 aromatic carbocycles. The molecule has 0 aliphatic rings. The number of H-pyrrole nitrogens is 1. The first kappa shape index (κ1) is 17.4. The molecule has 0 spiro atoms. The largest absolute Gasteiger partial charge is 0.360 e. The Balaban J connectivity index is 0.000000925. The molecule has 120 valence electrons. The standard InChI is InChI=1S/C16H14BNO2S.C2H6.H2/c1-10-4-3-5-13-16(10)15(9-18-13)21(19,20)14-7-6-12(17)8-11(14)2;1-2;/h3-9,18H,1-2H3;1-2H3;1H. The monoisotopic (exact) mass is 327 g/mol. The van der Waals surface area contributed by atoms with Crippen LogP contribution in [-0.2, 0) is 9.84 Å². The Morgan fingerprint density at radius 1 is 1.00 bits per heavy atom. The van der Waals surface area contributed by atoms with Gasteiger partial charge < -0.3 is 4.98 Å². The highest BCUT2D eigenvalue weighted by atomic mass is 32.2. The molecular formula is C18H22BNO2S. The SMILES string of the molecule is CC.[B]c1ccc(S(=O)(=O)c2c[nH]c3cccc(C)c23)c(C)c1.[HH].